The first kappa shape index (κ1) is 28.0. The molecule has 4 aromatic carbocycles. The van der Waals surface area contributed by atoms with Crippen LogP contribution in [0.2, 0.25) is 0 Å². The lowest BCUT2D eigenvalue weighted by Crippen LogP contribution is -2.46. The number of sulfonamides is 2. The molecule has 0 bridgehead atoms. The zero-order chi connectivity index (χ0) is 28.0. The Morgan fingerprint density at radius 3 is 1.44 bits per heavy atom. The van der Waals surface area contributed by atoms with Crippen LogP contribution in [0.15, 0.2) is 119 Å². The SMILES string of the molecule is Cc1ccc(S(=O)(=O)NC(=O)N[C@@H](c2ccccc2)[C@H](NS(=O)(=O)c2ccc(C)cc2)c2ccccc2)cc1. The van der Waals surface area contributed by atoms with E-state index in [-0.39, 0.29) is 9.79 Å². The van der Waals surface area contributed by atoms with Crippen molar-refractivity contribution in [3.8, 4) is 0 Å². The molecular formula is C29H29N3O5S2. The van der Waals surface area contributed by atoms with Crippen molar-refractivity contribution < 1.29 is 21.6 Å². The summed E-state index contributed by atoms with van der Waals surface area (Å²) in [5.41, 5.74) is 2.92. The van der Waals surface area contributed by atoms with Crippen LogP contribution in [0, 0.1) is 13.8 Å². The van der Waals surface area contributed by atoms with Gasteiger partial charge in [0.1, 0.15) is 0 Å². The molecule has 2 amide bonds. The van der Waals surface area contributed by atoms with E-state index in [2.05, 4.69) is 10.0 Å². The number of nitrogens with one attached hydrogen (secondary N) is 3. The van der Waals surface area contributed by atoms with Crippen LogP contribution in [-0.4, -0.2) is 22.9 Å². The number of amides is 2. The summed E-state index contributed by atoms with van der Waals surface area (Å²) in [6.45, 7) is 3.68. The Morgan fingerprint density at radius 1 is 0.564 bits per heavy atom. The predicted molar refractivity (Wildman–Crippen MR) is 150 cm³/mol. The molecule has 0 spiro atoms. The van der Waals surface area contributed by atoms with Crippen LogP contribution in [0.3, 0.4) is 0 Å². The van der Waals surface area contributed by atoms with Gasteiger partial charge in [-0.1, -0.05) is 96.1 Å². The molecule has 0 saturated heterocycles. The second-order valence-corrected chi connectivity index (χ2v) is 12.5. The summed E-state index contributed by atoms with van der Waals surface area (Å²) in [7, 11) is -8.21. The molecule has 0 aliphatic rings. The largest absolute Gasteiger partial charge is 0.329 e. The summed E-state index contributed by atoms with van der Waals surface area (Å²) >= 11 is 0. The molecule has 8 nitrogen and oxygen atoms in total. The molecule has 0 aliphatic carbocycles. The molecule has 3 N–H and O–H groups in total. The Bertz CT molecular complexity index is 1630. The Morgan fingerprint density at radius 2 is 0.974 bits per heavy atom. The van der Waals surface area contributed by atoms with Crippen molar-refractivity contribution in [3.63, 3.8) is 0 Å². The van der Waals surface area contributed by atoms with Crippen molar-refractivity contribution in [1.29, 1.82) is 0 Å². The first-order valence-corrected chi connectivity index (χ1v) is 15.1. The fourth-order valence-electron chi connectivity index (χ4n) is 4.03. The lowest BCUT2D eigenvalue weighted by molar-refractivity contribution is 0.239. The van der Waals surface area contributed by atoms with E-state index < -0.39 is 38.2 Å². The molecule has 0 aliphatic heterocycles. The summed E-state index contributed by atoms with van der Waals surface area (Å²) in [4.78, 5) is 13.1. The van der Waals surface area contributed by atoms with Gasteiger partial charge in [0, 0.05) is 0 Å². The Labute approximate surface area is 229 Å². The minimum Gasteiger partial charge on any atom is -0.329 e. The van der Waals surface area contributed by atoms with Gasteiger partial charge in [-0.2, -0.15) is 0 Å². The van der Waals surface area contributed by atoms with Crippen molar-refractivity contribution in [2.24, 2.45) is 0 Å². The number of aryl methyl sites for hydroxylation is 2. The zero-order valence-corrected chi connectivity index (χ0v) is 23.0. The molecule has 0 radical (unpaired) electrons. The maximum absolute atomic E-state index is 13.5. The van der Waals surface area contributed by atoms with Crippen molar-refractivity contribution >= 4 is 26.1 Å². The number of hydrogen-bond donors (Lipinski definition) is 3. The molecule has 0 saturated carbocycles. The maximum Gasteiger partial charge on any atom is 0.329 e. The van der Waals surface area contributed by atoms with Crippen LogP contribution in [0.5, 0.6) is 0 Å². The van der Waals surface area contributed by atoms with Gasteiger partial charge >= 0.3 is 6.03 Å². The van der Waals surface area contributed by atoms with Crippen molar-refractivity contribution in [1.82, 2.24) is 14.8 Å². The van der Waals surface area contributed by atoms with Crippen molar-refractivity contribution in [2.45, 2.75) is 35.7 Å². The first-order chi connectivity index (χ1) is 18.5. The van der Waals surface area contributed by atoms with Crippen molar-refractivity contribution in [2.75, 3.05) is 0 Å². The van der Waals surface area contributed by atoms with E-state index in [0.717, 1.165) is 11.1 Å². The highest BCUT2D eigenvalue weighted by atomic mass is 32.2. The average Bonchev–Trinajstić information content (AvgIpc) is 2.92. The predicted octanol–water partition coefficient (Wildman–Crippen LogP) is 4.75. The maximum atomic E-state index is 13.5. The third-order valence-corrected chi connectivity index (χ3v) is 8.91. The summed E-state index contributed by atoms with van der Waals surface area (Å²) in [5.74, 6) is 0. The van der Waals surface area contributed by atoms with E-state index in [1.54, 1.807) is 84.9 Å². The van der Waals surface area contributed by atoms with E-state index in [1.165, 1.54) is 24.3 Å². The summed E-state index contributed by atoms with van der Waals surface area (Å²) in [6.07, 6.45) is 0. The molecular weight excluding hydrogens is 534 g/mol. The summed E-state index contributed by atoms with van der Waals surface area (Å²) in [5, 5.41) is 2.70. The van der Waals surface area contributed by atoms with E-state index in [0.29, 0.717) is 11.1 Å². The van der Waals surface area contributed by atoms with Gasteiger partial charge in [0.2, 0.25) is 10.0 Å². The van der Waals surface area contributed by atoms with Gasteiger partial charge in [-0.15, -0.1) is 0 Å². The Hall–Kier alpha value is -3.99. The number of rotatable bonds is 9. The highest BCUT2D eigenvalue weighted by molar-refractivity contribution is 7.90. The second-order valence-electron chi connectivity index (χ2n) is 9.10. The van der Waals surface area contributed by atoms with Gasteiger partial charge < -0.3 is 5.32 Å². The van der Waals surface area contributed by atoms with Gasteiger partial charge in [0.25, 0.3) is 10.0 Å². The molecule has 0 aromatic heterocycles. The highest BCUT2D eigenvalue weighted by Crippen LogP contribution is 2.31. The lowest BCUT2D eigenvalue weighted by atomic mass is 9.94. The van der Waals surface area contributed by atoms with Crippen molar-refractivity contribution in [3.05, 3.63) is 131 Å². The first-order valence-electron chi connectivity index (χ1n) is 12.1. The molecule has 4 aromatic rings. The molecule has 39 heavy (non-hydrogen) atoms. The normalized spacial score (nSPS) is 13.3. The third-order valence-electron chi connectivity index (χ3n) is 6.11. The molecule has 10 heteroatoms. The number of hydrogen-bond acceptors (Lipinski definition) is 5. The number of carbonyl (C=O) groups is 1. The topological polar surface area (TPSA) is 121 Å². The minimum atomic E-state index is -4.18. The second kappa shape index (κ2) is 11.8. The third kappa shape index (κ3) is 7.11. The van der Waals surface area contributed by atoms with Crippen LogP contribution in [-0.2, 0) is 20.0 Å². The molecule has 0 heterocycles. The van der Waals surface area contributed by atoms with Gasteiger partial charge in [-0.25, -0.2) is 31.1 Å². The quantitative estimate of drug-likeness (QED) is 0.271. The molecule has 0 unspecified atom stereocenters. The van der Waals surface area contributed by atoms with Gasteiger partial charge in [-0.05, 0) is 49.2 Å². The molecule has 0 fully saturated rings. The van der Waals surface area contributed by atoms with Gasteiger partial charge in [-0.3, -0.25) is 0 Å². The van der Waals surface area contributed by atoms with Crippen LogP contribution < -0.4 is 14.8 Å². The summed E-state index contributed by atoms with van der Waals surface area (Å²) < 4.78 is 57.4. The average molecular weight is 564 g/mol. The number of urea groups is 1. The highest BCUT2D eigenvalue weighted by Gasteiger charge is 2.32. The fourth-order valence-corrected chi connectivity index (χ4v) is 6.18. The van der Waals surface area contributed by atoms with Crippen LogP contribution in [0.4, 0.5) is 4.79 Å². The van der Waals surface area contributed by atoms with Crippen LogP contribution in [0.1, 0.15) is 34.3 Å². The van der Waals surface area contributed by atoms with E-state index >= 15 is 0 Å². The number of carbonyl (C=O) groups excluding carboxylic acids is 1. The minimum absolute atomic E-state index is 0.0623. The van der Waals surface area contributed by atoms with Gasteiger partial charge in [0.05, 0.1) is 21.9 Å². The monoisotopic (exact) mass is 563 g/mol. The Balaban J connectivity index is 1.71. The fraction of sp³-hybridized carbons (Fsp3) is 0.138. The zero-order valence-electron chi connectivity index (χ0n) is 21.4. The van der Waals surface area contributed by atoms with Crippen LogP contribution >= 0.6 is 0 Å². The Kier molecular flexibility index (Phi) is 8.49. The standard InChI is InChI=1S/C29H29N3O5S2/c1-21-13-17-25(18-14-21)38(34,35)31-28(24-11-7-4-8-12-24)27(23-9-5-3-6-10-23)30-29(33)32-39(36,37)26-19-15-22(2)16-20-26/h3-20,27-28,31H,1-2H3,(H2,30,32,33)/t27-,28+/m0/s1. The lowest BCUT2D eigenvalue weighted by Gasteiger charge is -2.29. The van der Waals surface area contributed by atoms with E-state index in [9.17, 15) is 21.6 Å². The molecule has 4 rings (SSSR count). The molecule has 2 atom stereocenters. The summed E-state index contributed by atoms with van der Waals surface area (Å²) in [6, 6.07) is 27.1. The molecule has 202 valence electrons. The van der Waals surface area contributed by atoms with Crippen LogP contribution in [0.25, 0.3) is 0 Å². The van der Waals surface area contributed by atoms with E-state index in [4.69, 9.17) is 0 Å². The number of benzene rings is 4. The smallest absolute Gasteiger partial charge is 0.329 e. The van der Waals surface area contributed by atoms with Gasteiger partial charge in [0.15, 0.2) is 0 Å². The van der Waals surface area contributed by atoms with E-state index in [1.807, 2.05) is 18.6 Å².